The van der Waals surface area contributed by atoms with E-state index in [1.54, 1.807) is 10.7 Å². The highest BCUT2D eigenvalue weighted by Gasteiger charge is 2.26. The Balaban J connectivity index is 1.46. The Bertz CT molecular complexity index is 1060. The normalized spacial score (nSPS) is 13.5. The van der Waals surface area contributed by atoms with Gasteiger partial charge in [0.1, 0.15) is 11.4 Å². The number of rotatable bonds is 7. The number of fused-ring (bicyclic) bond motifs is 1. The van der Waals surface area contributed by atoms with Crippen LogP contribution < -0.4 is 10.1 Å². The van der Waals surface area contributed by atoms with Crippen molar-refractivity contribution in [1.29, 1.82) is 0 Å². The molecule has 0 spiro atoms. The Kier molecular flexibility index (Phi) is 6.31. The molecular formula is C24H26N4O3. The van der Waals surface area contributed by atoms with E-state index in [9.17, 15) is 9.59 Å². The van der Waals surface area contributed by atoms with Gasteiger partial charge in [-0.2, -0.15) is 5.10 Å². The second kappa shape index (κ2) is 9.47. The van der Waals surface area contributed by atoms with Gasteiger partial charge in [0.2, 0.25) is 0 Å². The zero-order chi connectivity index (χ0) is 21.6. The molecule has 1 N–H and O–H groups in total. The third kappa shape index (κ3) is 4.77. The minimum atomic E-state index is -0.311. The third-order valence-electron chi connectivity index (χ3n) is 5.24. The summed E-state index contributed by atoms with van der Waals surface area (Å²) in [5, 5.41) is 7.28. The summed E-state index contributed by atoms with van der Waals surface area (Å²) < 4.78 is 7.26. The van der Waals surface area contributed by atoms with Gasteiger partial charge in [-0.1, -0.05) is 48.5 Å². The predicted octanol–water partition coefficient (Wildman–Crippen LogP) is 3.26. The van der Waals surface area contributed by atoms with Crippen molar-refractivity contribution in [3.05, 3.63) is 83.2 Å². The maximum Gasteiger partial charge on any atom is 0.272 e. The summed E-state index contributed by atoms with van der Waals surface area (Å²) in [5.74, 6) is 0.335. The maximum absolute atomic E-state index is 13.1. The van der Waals surface area contributed by atoms with Gasteiger partial charge >= 0.3 is 0 Å². The summed E-state index contributed by atoms with van der Waals surface area (Å²) in [6, 6.07) is 19.1. The fourth-order valence-corrected chi connectivity index (χ4v) is 3.71. The van der Waals surface area contributed by atoms with Crippen LogP contribution in [-0.2, 0) is 19.6 Å². The molecule has 0 fully saturated rings. The van der Waals surface area contributed by atoms with Crippen LogP contribution in [0.1, 0.15) is 45.4 Å². The standard InChI is InChI=1S/C24H26N4O3/c1-2-31-22-12-7-6-11-19(22)16-25-23(29)20-15-21-24(30)27(13-8-14-28(21)26-20)17-18-9-4-3-5-10-18/h3-7,9-12,15H,2,8,13-14,16-17H2,1H3,(H,25,29). The molecule has 1 aliphatic rings. The molecule has 7 heteroatoms. The summed E-state index contributed by atoms with van der Waals surface area (Å²) in [7, 11) is 0. The second-order valence-electron chi connectivity index (χ2n) is 7.43. The fraction of sp³-hybridized carbons (Fsp3) is 0.292. The van der Waals surface area contributed by atoms with Crippen LogP contribution in [-0.4, -0.2) is 39.6 Å². The molecular weight excluding hydrogens is 392 g/mol. The van der Waals surface area contributed by atoms with Gasteiger partial charge in [0.25, 0.3) is 11.8 Å². The van der Waals surface area contributed by atoms with Crippen LogP contribution in [0.3, 0.4) is 0 Å². The van der Waals surface area contributed by atoms with E-state index in [1.165, 1.54) is 0 Å². The summed E-state index contributed by atoms with van der Waals surface area (Å²) in [6.45, 7) is 4.61. The van der Waals surface area contributed by atoms with Crippen LogP contribution in [0.25, 0.3) is 0 Å². The quantitative estimate of drug-likeness (QED) is 0.639. The lowest BCUT2D eigenvalue weighted by atomic mass is 10.2. The molecule has 0 bridgehead atoms. The molecule has 160 valence electrons. The number of hydrogen-bond acceptors (Lipinski definition) is 4. The summed E-state index contributed by atoms with van der Waals surface area (Å²) in [6.07, 6.45) is 0.788. The Morgan fingerprint density at radius 1 is 1.10 bits per heavy atom. The van der Waals surface area contributed by atoms with Gasteiger partial charge in [-0.05, 0) is 25.0 Å². The Labute approximate surface area is 181 Å². The molecule has 1 aromatic heterocycles. The molecule has 7 nitrogen and oxygen atoms in total. The Morgan fingerprint density at radius 2 is 1.87 bits per heavy atom. The first-order valence-corrected chi connectivity index (χ1v) is 10.6. The lowest BCUT2D eigenvalue weighted by Gasteiger charge is -2.20. The summed E-state index contributed by atoms with van der Waals surface area (Å²) >= 11 is 0. The van der Waals surface area contributed by atoms with Crippen molar-refractivity contribution in [1.82, 2.24) is 20.0 Å². The highest BCUT2D eigenvalue weighted by molar-refractivity contribution is 5.98. The molecule has 0 radical (unpaired) electrons. The van der Waals surface area contributed by atoms with Crippen LogP contribution in [0, 0.1) is 0 Å². The van der Waals surface area contributed by atoms with Gasteiger partial charge in [-0.15, -0.1) is 0 Å². The molecule has 31 heavy (non-hydrogen) atoms. The van der Waals surface area contributed by atoms with Gasteiger partial charge in [-0.3, -0.25) is 14.3 Å². The van der Waals surface area contributed by atoms with Crippen molar-refractivity contribution in [2.45, 2.75) is 33.0 Å². The number of amides is 2. The van der Waals surface area contributed by atoms with Gasteiger partial charge < -0.3 is 15.0 Å². The van der Waals surface area contributed by atoms with E-state index < -0.39 is 0 Å². The molecule has 1 aliphatic heterocycles. The average Bonchev–Trinajstić information content (AvgIpc) is 3.16. The van der Waals surface area contributed by atoms with Crippen molar-refractivity contribution in [2.75, 3.05) is 13.2 Å². The number of nitrogens with zero attached hydrogens (tertiary/aromatic N) is 3. The molecule has 4 rings (SSSR count). The Morgan fingerprint density at radius 3 is 2.68 bits per heavy atom. The van der Waals surface area contributed by atoms with Gasteiger partial charge in [0.05, 0.1) is 6.61 Å². The minimum absolute atomic E-state index is 0.102. The second-order valence-corrected chi connectivity index (χ2v) is 7.43. The highest BCUT2D eigenvalue weighted by Crippen LogP contribution is 2.19. The molecule has 2 aromatic carbocycles. The molecule has 0 aliphatic carbocycles. The number of ether oxygens (including phenoxy) is 1. The molecule has 2 heterocycles. The number of benzene rings is 2. The predicted molar refractivity (Wildman–Crippen MR) is 117 cm³/mol. The number of hydrogen-bond donors (Lipinski definition) is 1. The summed E-state index contributed by atoms with van der Waals surface area (Å²) in [5.41, 5.74) is 2.67. The Hall–Kier alpha value is -3.61. The van der Waals surface area contributed by atoms with Gasteiger partial charge in [-0.25, -0.2) is 0 Å². The number of nitrogens with one attached hydrogen (secondary N) is 1. The number of aryl methyl sites for hydroxylation is 1. The monoisotopic (exact) mass is 418 g/mol. The van der Waals surface area contributed by atoms with Crippen LogP contribution in [0.5, 0.6) is 5.75 Å². The van der Waals surface area contributed by atoms with E-state index in [0.29, 0.717) is 38.5 Å². The summed E-state index contributed by atoms with van der Waals surface area (Å²) in [4.78, 5) is 27.6. The number of para-hydroxylation sites is 1. The average molecular weight is 418 g/mol. The minimum Gasteiger partial charge on any atom is -0.494 e. The van der Waals surface area contributed by atoms with Crippen LogP contribution >= 0.6 is 0 Å². The molecule has 2 amide bonds. The molecule has 0 atom stereocenters. The first-order chi connectivity index (χ1) is 15.2. The SMILES string of the molecule is CCOc1ccccc1CNC(=O)c1cc2n(n1)CCCN(Cc1ccccc1)C2=O. The van der Waals surface area contributed by atoms with Gasteiger partial charge in [0.15, 0.2) is 5.69 Å². The van der Waals surface area contributed by atoms with Crippen LogP contribution in [0.2, 0.25) is 0 Å². The van der Waals surface area contributed by atoms with Gasteiger partial charge in [0, 0.05) is 37.8 Å². The van der Waals surface area contributed by atoms with Crippen molar-refractivity contribution in [3.63, 3.8) is 0 Å². The molecule has 0 unspecified atom stereocenters. The van der Waals surface area contributed by atoms with Crippen LogP contribution in [0.4, 0.5) is 0 Å². The third-order valence-corrected chi connectivity index (χ3v) is 5.24. The molecule has 0 saturated heterocycles. The first-order valence-electron chi connectivity index (χ1n) is 10.6. The van der Waals surface area contributed by atoms with Crippen molar-refractivity contribution in [2.24, 2.45) is 0 Å². The number of carbonyl (C=O) groups excluding carboxylic acids is 2. The van der Waals surface area contributed by atoms with E-state index in [0.717, 1.165) is 23.3 Å². The van der Waals surface area contributed by atoms with Crippen molar-refractivity contribution >= 4 is 11.8 Å². The zero-order valence-corrected chi connectivity index (χ0v) is 17.6. The largest absolute Gasteiger partial charge is 0.494 e. The fourth-order valence-electron chi connectivity index (χ4n) is 3.71. The maximum atomic E-state index is 13.1. The zero-order valence-electron chi connectivity index (χ0n) is 17.6. The smallest absolute Gasteiger partial charge is 0.272 e. The number of aromatic nitrogens is 2. The number of carbonyl (C=O) groups is 2. The van der Waals surface area contributed by atoms with Crippen LogP contribution in [0.15, 0.2) is 60.7 Å². The van der Waals surface area contributed by atoms with Crippen molar-refractivity contribution in [3.8, 4) is 5.75 Å². The van der Waals surface area contributed by atoms with E-state index >= 15 is 0 Å². The van der Waals surface area contributed by atoms with E-state index in [2.05, 4.69) is 10.4 Å². The topological polar surface area (TPSA) is 76.5 Å². The van der Waals surface area contributed by atoms with Crippen molar-refractivity contribution < 1.29 is 14.3 Å². The first kappa shape index (κ1) is 20.7. The van der Waals surface area contributed by atoms with E-state index in [1.807, 2.05) is 66.4 Å². The highest BCUT2D eigenvalue weighted by atomic mass is 16.5. The lowest BCUT2D eigenvalue weighted by molar-refractivity contribution is 0.0745. The van der Waals surface area contributed by atoms with E-state index in [4.69, 9.17) is 4.74 Å². The van der Waals surface area contributed by atoms with E-state index in [-0.39, 0.29) is 17.5 Å². The lowest BCUT2D eigenvalue weighted by Crippen LogP contribution is -2.30. The molecule has 0 saturated carbocycles. The molecule has 3 aromatic rings.